The van der Waals surface area contributed by atoms with Gasteiger partial charge in [-0.15, -0.1) is 0 Å². The molecule has 1 atom stereocenters. The highest BCUT2D eigenvalue weighted by Gasteiger charge is 2.13. The van der Waals surface area contributed by atoms with E-state index in [2.05, 4.69) is 27.9 Å². The zero-order chi connectivity index (χ0) is 14.5. The minimum atomic E-state index is -0.176. The maximum Gasteiger partial charge on any atom is 0.258 e. The summed E-state index contributed by atoms with van der Waals surface area (Å²) in [7, 11) is 0. The molecule has 4 nitrogen and oxygen atoms in total. The number of hydrogen-bond acceptors (Lipinski definition) is 3. The van der Waals surface area contributed by atoms with Crippen LogP contribution in [0.25, 0.3) is 0 Å². The lowest BCUT2D eigenvalue weighted by molar-refractivity contribution is -0.123. The number of nitrogens with one attached hydrogen (secondary N) is 1. The standard InChI is InChI=1S/C15H16INO3/c1-10-3-8-14(20-10)11(2)17-15(18)9-19-13-6-4-12(16)5-7-13/h3-8,11H,9H2,1-2H3,(H,17,18). The smallest absolute Gasteiger partial charge is 0.258 e. The fraction of sp³-hybridized carbons (Fsp3) is 0.267. The Bertz CT molecular complexity index is 577. The second kappa shape index (κ2) is 6.78. The van der Waals surface area contributed by atoms with Gasteiger partial charge in [-0.25, -0.2) is 0 Å². The van der Waals surface area contributed by atoms with Crippen molar-refractivity contribution in [2.24, 2.45) is 0 Å². The van der Waals surface area contributed by atoms with E-state index < -0.39 is 0 Å². The third kappa shape index (κ3) is 4.26. The molecule has 106 valence electrons. The highest BCUT2D eigenvalue weighted by atomic mass is 127. The van der Waals surface area contributed by atoms with Gasteiger partial charge in [0.1, 0.15) is 17.3 Å². The van der Waals surface area contributed by atoms with Crippen LogP contribution in [0, 0.1) is 10.5 Å². The van der Waals surface area contributed by atoms with Crippen LogP contribution in [0.4, 0.5) is 0 Å². The molecule has 0 aliphatic rings. The molecule has 0 aliphatic heterocycles. The molecule has 20 heavy (non-hydrogen) atoms. The Labute approximate surface area is 131 Å². The van der Waals surface area contributed by atoms with Crippen LogP contribution in [0.2, 0.25) is 0 Å². The molecule has 0 aliphatic carbocycles. The molecule has 1 unspecified atom stereocenters. The largest absolute Gasteiger partial charge is 0.484 e. The van der Waals surface area contributed by atoms with Gasteiger partial charge in [-0.05, 0) is 72.8 Å². The number of amides is 1. The molecule has 2 rings (SSSR count). The number of carbonyl (C=O) groups excluding carboxylic acids is 1. The first-order valence-corrected chi connectivity index (χ1v) is 7.36. The van der Waals surface area contributed by atoms with E-state index in [0.717, 1.165) is 15.1 Å². The summed E-state index contributed by atoms with van der Waals surface area (Å²) in [5.74, 6) is 2.08. The molecule has 0 fully saturated rings. The highest BCUT2D eigenvalue weighted by molar-refractivity contribution is 14.1. The summed E-state index contributed by atoms with van der Waals surface area (Å²) in [4.78, 5) is 11.8. The number of benzene rings is 1. The van der Waals surface area contributed by atoms with E-state index in [1.807, 2.05) is 50.2 Å². The van der Waals surface area contributed by atoms with E-state index in [1.165, 1.54) is 0 Å². The zero-order valence-corrected chi connectivity index (χ0v) is 13.5. The molecule has 1 heterocycles. The van der Waals surface area contributed by atoms with Crippen LogP contribution >= 0.6 is 22.6 Å². The number of rotatable bonds is 5. The maximum atomic E-state index is 11.8. The summed E-state index contributed by atoms with van der Waals surface area (Å²) >= 11 is 2.22. The molecular formula is C15H16INO3. The first-order valence-electron chi connectivity index (χ1n) is 6.28. The Morgan fingerprint density at radius 2 is 2.00 bits per heavy atom. The molecule has 1 aromatic heterocycles. The average Bonchev–Trinajstić information content (AvgIpc) is 2.85. The minimum absolute atomic E-state index is 0.00930. The number of hydrogen-bond donors (Lipinski definition) is 1. The van der Waals surface area contributed by atoms with Gasteiger partial charge in [0, 0.05) is 3.57 Å². The fourth-order valence-corrected chi connectivity index (χ4v) is 2.08. The van der Waals surface area contributed by atoms with Crippen molar-refractivity contribution in [2.45, 2.75) is 19.9 Å². The van der Waals surface area contributed by atoms with Crippen LogP contribution in [0.3, 0.4) is 0 Å². The van der Waals surface area contributed by atoms with Crippen molar-refractivity contribution in [1.29, 1.82) is 0 Å². The fourth-order valence-electron chi connectivity index (χ4n) is 1.72. The molecule has 0 bridgehead atoms. The SMILES string of the molecule is Cc1ccc(C(C)NC(=O)COc2ccc(I)cc2)o1. The summed E-state index contributed by atoms with van der Waals surface area (Å²) in [6, 6.07) is 11.1. The lowest BCUT2D eigenvalue weighted by Crippen LogP contribution is -2.31. The Kier molecular flexibility index (Phi) is 5.05. The predicted molar refractivity (Wildman–Crippen MR) is 84.7 cm³/mol. The summed E-state index contributed by atoms with van der Waals surface area (Å²) in [6.45, 7) is 3.74. The van der Waals surface area contributed by atoms with Gasteiger partial charge in [0.25, 0.3) is 5.91 Å². The molecule has 1 N–H and O–H groups in total. The van der Waals surface area contributed by atoms with Gasteiger partial charge >= 0.3 is 0 Å². The maximum absolute atomic E-state index is 11.8. The Morgan fingerprint density at radius 3 is 2.60 bits per heavy atom. The van der Waals surface area contributed by atoms with Crippen molar-refractivity contribution in [3.05, 3.63) is 51.5 Å². The van der Waals surface area contributed by atoms with Crippen molar-refractivity contribution in [3.8, 4) is 5.75 Å². The van der Waals surface area contributed by atoms with Crippen molar-refractivity contribution in [3.63, 3.8) is 0 Å². The summed E-state index contributed by atoms with van der Waals surface area (Å²) in [6.07, 6.45) is 0. The first kappa shape index (κ1) is 14.9. The normalized spacial score (nSPS) is 11.9. The van der Waals surface area contributed by atoms with Gasteiger partial charge in [0.2, 0.25) is 0 Å². The molecule has 0 saturated carbocycles. The van der Waals surface area contributed by atoms with Crippen LogP contribution in [0.1, 0.15) is 24.5 Å². The average molecular weight is 385 g/mol. The molecule has 2 aromatic rings. The number of furan rings is 1. The van der Waals surface area contributed by atoms with Crippen LogP contribution in [-0.4, -0.2) is 12.5 Å². The zero-order valence-electron chi connectivity index (χ0n) is 11.4. The van der Waals surface area contributed by atoms with E-state index in [4.69, 9.17) is 9.15 Å². The lowest BCUT2D eigenvalue weighted by Gasteiger charge is -2.12. The van der Waals surface area contributed by atoms with Gasteiger partial charge < -0.3 is 14.5 Å². The van der Waals surface area contributed by atoms with Crippen molar-refractivity contribution >= 4 is 28.5 Å². The first-order chi connectivity index (χ1) is 9.54. The van der Waals surface area contributed by atoms with E-state index in [1.54, 1.807) is 0 Å². The number of ether oxygens (including phenoxy) is 1. The van der Waals surface area contributed by atoms with Gasteiger partial charge in [0.15, 0.2) is 6.61 Å². The molecule has 0 saturated heterocycles. The molecule has 5 heteroatoms. The van der Waals surface area contributed by atoms with Gasteiger partial charge in [-0.3, -0.25) is 4.79 Å². The van der Waals surface area contributed by atoms with Crippen molar-refractivity contribution in [2.75, 3.05) is 6.61 Å². The molecule has 1 aromatic carbocycles. The van der Waals surface area contributed by atoms with E-state index in [9.17, 15) is 4.79 Å². The van der Waals surface area contributed by atoms with Crippen LogP contribution in [0.5, 0.6) is 5.75 Å². The monoisotopic (exact) mass is 385 g/mol. The lowest BCUT2D eigenvalue weighted by atomic mass is 10.2. The Hall–Kier alpha value is -1.50. The Balaban J connectivity index is 1.82. The molecule has 0 spiro atoms. The number of halogens is 1. The van der Waals surface area contributed by atoms with E-state index in [0.29, 0.717) is 5.75 Å². The van der Waals surface area contributed by atoms with Crippen LogP contribution in [0.15, 0.2) is 40.8 Å². The topological polar surface area (TPSA) is 51.5 Å². The van der Waals surface area contributed by atoms with Gasteiger partial charge in [0.05, 0.1) is 6.04 Å². The summed E-state index contributed by atoms with van der Waals surface area (Å²) in [5.41, 5.74) is 0. The number of aryl methyl sites for hydroxylation is 1. The van der Waals surface area contributed by atoms with Crippen molar-refractivity contribution in [1.82, 2.24) is 5.32 Å². The van der Waals surface area contributed by atoms with Crippen LogP contribution < -0.4 is 10.1 Å². The van der Waals surface area contributed by atoms with Gasteiger partial charge in [-0.2, -0.15) is 0 Å². The van der Waals surface area contributed by atoms with Crippen LogP contribution in [-0.2, 0) is 4.79 Å². The molecule has 0 radical (unpaired) electrons. The van der Waals surface area contributed by atoms with Crippen molar-refractivity contribution < 1.29 is 13.9 Å². The van der Waals surface area contributed by atoms with Gasteiger partial charge in [-0.1, -0.05) is 0 Å². The van der Waals surface area contributed by atoms with E-state index >= 15 is 0 Å². The Morgan fingerprint density at radius 1 is 1.30 bits per heavy atom. The third-order valence-corrected chi connectivity index (χ3v) is 3.47. The predicted octanol–water partition coefficient (Wildman–Crippen LogP) is 3.45. The van der Waals surface area contributed by atoms with E-state index in [-0.39, 0.29) is 18.6 Å². The molecule has 1 amide bonds. The summed E-state index contributed by atoms with van der Waals surface area (Å²) in [5, 5.41) is 2.83. The highest BCUT2D eigenvalue weighted by Crippen LogP contribution is 2.16. The third-order valence-electron chi connectivity index (χ3n) is 2.75. The minimum Gasteiger partial charge on any atom is -0.484 e. The quantitative estimate of drug-likeness (QED) is 0.803. The second-order valence-electron chi connectivity index (χ2n) is 4.48. The second-order valence-corrected chi connectivity index (χ2v) is 5.73. The molecular weight excluding hydrogens is 369 g/mol. The summed E-state index contributed by atoms with van der Waals surface area (Å²) < 4.78 is 12.0. The number of carbonyl (C=O) groups is 1.